The van der Waals surface area contributed by atoms with E-state index in [1.54, 1.807) is 24.3 Å². The number of fused-ring (bicyclic) bond motifs is 1. The van der Waals surface area contributed by atoms with Crippen LogP contribution in [0.1, 0.15) is 50.1 Å². The summed E-state index contributed by atoms with van der Waals surface area (Å²) < 4.78 is 28.3. The molecule has 39 heavy (non-hydrogen) atoms. The summed E-state index contributed by atoms with van der Waals surface area (Å²) in [5, 5.41) is 1.68. The molecule has 1 unspecified atom stereocenters. The summed E-state index contributed by atoms with van der Waals surface area (Å²) in [5.74, 6) is -4.04. The molecule has 1 saturated heterocycles. The number of benzene rings is 2. The summed E-state index contributed by atoms with van der Waals surface area (Å²) in [6.07, 6.45) is 2.96. The van der Waals surface area contributed by atoms with Gasteiger partial charge in [-0.05, 0) is 68.4 Å². The van der Waals surface area contributed by atoms with Gasteiger partial charge < -0.3 is 15.2 Å². The molecule has 1 saturated carbocycles. The van der Waals surface area contributed by atoms with E-state index in [1.165, 1.54) is 23.3 Å². The van der Waals surface area contributed by atoms with Crippen molar-refractivity contribution in [3.63, 3.8) is 0 Å². The second-order valence-electron chi connectivity index (χ2n) is 10.1. The van der Waals surface area contributed by atoms with Crippen LogP contribution in [0.4, 0.5) is 4.39 Å². The second-order valence-corrected chi connectivity index (χ2v) is 12.0. The monoisotopic (exact) mass is 593 g/mol. The van der Waals surface area contributed by atoms with Crippen molar-refractivity contribution in [2.24, 2.45) is 11.7 Å². The van der Waals surface area contributed by atoms with Gasteiger partial charge in [-0.25, -0.2) is 9.88 Å². The summed E-state index contributed by atoms with van der Waals surface area (Å²) in [5.41, 5.74) is 8.24. The van der Waals surface area contributed by atoms with Crippen molar-refractivity contribution in [2.75, 3.05) is 20.2 Å². The van der Waals surface area contributed by atoms with Gasteiger partial charge in [0, 0.05) is 23.7 Å². The predicted octanol–water partition coefficient (Wildman–Crippen LogP) is 6.31. The molecule has 1 aromatic heterocycles. The molecular formula is C28H30Cl2FN3O4S. The Morgan fingerprint density at radius 1 is 1.13 bits per heavy atom. The highest BCUT2D eigenvalue weighted by molar-refractivity contribution is 7.21. The molecule has 0 spiro atoms. The second kappa shape index (κ2) is 11.8. The average molecular weight is 595 g/mol. The molecule has 2 aliphatic rings. The van der Waals surface area contributed by atoms with E-state index in [2.05, 4.69) is 4.98 Å². The van der Waals surface area contributed by atoms with Crippen LogP contribution in [0.3, 0.4) is 0 Å². The number of hydrogen-bond donors (Lipinski definition) is 1. The first kappa shape index (κ1) is 28.4. The third kappa shape index (κ3) is 5.85. The van der Waals surface area contributed by atoms with Crippen molar-refractivity contribution in [3.05, 3.63) is 52.0 Å². The number of Topliss-reactive ketones (excluding diaryl/α,β-unsaturated/α-hetero) is 1. The smallest absolute Gasteiger partial charge is 0.331 e. The van der Waals surface area contributed by atoms with Gasteiger partial charge in [-0.1, -0.05) is 35.3 Å². The molecule has 208 valence electrons. The Bertz CT molecular complexity index is 1370. The third-order valence-electron chi connectivity index (χ3n) is 7.56. The molecule has 2 fully saturated rings. The Balaban J connectivity index is 1.35. The molecule has 0 bridgehead atoms. The van der Waals surface area contributed by atoms with E-state index >= 15 is 4.39 Å². The van der Waals surface area contributed by atoms with Gasteiger partial charge in [0.1, 0.15) is 5.01 Å². The molecule has 3 aromatic rings. The molecule has 11 heteroatoms. The normalized spacial score (nSPS) is 22.5. The highest BCUT2D eigenvalue weighted by Gasteiger charge is 2.51. The maximum atomic E-state index is 16.7. The van der Waals surface area contributed by atoms with E-state index in [9.17, 15) is 9.59 Å². The van der Waals surface area contributed by atoms with Crippen LogP contribution in [0.25, 0.3) is 20.8 Å². The van der Waals surface area contributed by atoms with Crippen molar-refractivity contribution >= 4 is 56.5 Å². The summed E-state index contributed by atoms with van der Waals surface area (Å²) in [4.78, 5) is 31.6. The quantitative estimate of drug-likeness (QED) is 0.241. The largest absolute Gasteiger partial charge is 0.469 e. The lowest BCUT2D eigenvalue weighted by molar-refractivity contribution is -0.253. The lowest BCUT2D eigenvalue weighted by Crippen LogP contribution is -2.56. The van der Waals surface area contributed by atoms with E-state index < -0.39 is 23.9 Å². The topological polar surface area (TPSA) is 94.8 Å². The van der Waals surface area contributed by atoms with Crippen LogP contribution < -0.4 is 5.73 Å². The van der Waals surface area contributed by atoms with Gasteiger partial charge in [0.15, 0.2) is 0 Å². The lowest BCUT2D eigenvalue weighted by Gasteiger charge is -2.38. The van der Waals surface area contributed by atoms with Gasteiger partial charge in [-0.3, -0.25) is 9.59 Å². The van der Waals surface area contributed by atoms with Gasteiger partial charge in [-0.15, -0.1) is 11.3 Å². The number of carbonyl (C=O) groups excluding carboxylic acids is 2. The number of carbonyl (C=O) groups is 2. The first-order chi connectivity index (χ1) is 18.7. The van der Waals surface area contributed by atoms with Crippen LogP contribution >= 0.6 is 34.5 Å². The van der Waals surface area contributed by atoms with E-state index in [0.29, 0.717) is 65.0 Å². The Morgan fingerprint density at radius 2 is 1.85 bits per heavy atom. The van der Waals surface area contributed by atoms with E-state index in [0.717, 1.165) is 23.1 Å². The minimum atomic E-state index is -2.67. The van der Waals surface area contributed by atoms with Crippen molar-refractivity contribution in [1.82, 2.24) is 9.88 Å². The standard InChI is InChI=1S/C28H30Cl2FN3O4S/c1-37-27(36)16-4-8-19(9-5-16)38-28(31,34-12-2-3-13-34)25(35)24(32)17-6-10-20(21(30)14-17)26-33-22-11-7-18(29)15-23(22)39-26/h6-7,10-11,14-16,19,24H,2-5,8-9,12-13,32H2,1H3/t16-,19-,24-,28?/m0/s1. The number of thiazole rings is 1. The zero-order valence-corrected chi connectivity index (χ0v) is 23.8. The molecule has 0 radical (unpaired) electrons. The molecule has 1 aliphatic carbocycles. The van der Waals surface area contributed by atoms with Crippen LogP contribution in [0, 0.1) is 5.92 Å². The maximum absolute atomic E-state index is 16.7. The first-order valence-corrected chi connectivity index (χ1v) is 14.6. The lowest BCUT2D eigenvalue weighted by atomic mass is 9.87. The number of rotatable bonds is 8. The minimum absolute atomic E-state index is 0.235. The van der Waals surface area contributed by atoms with Gasteiger partial charge in [0.25, 0.3) is 0 Å². The number of hydrogen-bond acceptors (Lipinski definition) is 8. The Kier molecular flexibility index (Phi) is 8.56. The highest BCUT2D eigenvalue weighted by Crippen LogP contribution is 2.39. The molecular weight excluding hydrogens is 564 g/mol. The number of likely N-dealkylation sites (tertiary alicyclic amines) is 1. The summed E-state index contributed by atoms with van der Waals surface area (Å²) in [7, 11) is 1.36. The van der Waals surface area contributed by atoms with E-state index in [-0.39, 0.29) is 11.9 Å². The van der Waals surface area contributed by atoms with Crippen molar-refractivity contribution in [3.8, 4) is 10.6 Å². The van der Waals surface area contributed by atoms with Crippen LogP contribution in [-0.2, 0) is 19.1 Å². The number of halogens is 3. The number of nitrogens with two attached hydrogens (primary N) is 1. The third-order valence-corrected chi connectivity index (χ3v) is 9.16. The number of ether oxygens (including phenoxy) is 2. The molecule has 2 N–H and O–H groups in total. The fourth-order valence-corrected chi connectivity index (χ4v) is 6.97. The maximum Gasteiger partial charge on any atom is 0.331 e. The summed E-state index contributed by atoms with van der Waals surface area (Å²) in [6.45, 7) is 0.793. The van der Waals surface area contributed by atoms with Crippen LogP contribution in [0.2, 0.25) is 10.0 Å². The number of esters is 1. The van der Waals surface area contributed by atoms with Crippen molar-refractivity contribution < 1.29 is 23.5 Å². The van der Waals surface area contributed by atoms with Gasteiger partial charge >= 0.3 is 11.9 Å². The molecule has 0 amide bonds. The fourth-order valence-electron chi connectivity index (χ4n) is 5.35. The number of ketones is 1. The molecule has 1 aliphatic heterocycles. The highest BCUT2D eigenvalue weighted by atomic mass is 35.5. The molecule has 5 rings (SSSR count). The van der Waals surface area contributed by atoms with Crippen molar-refractivity contribution in [1.29, 1.82) is 0 Å². The molecule has 7 nitrogen and oxygen atoms in total. The zero-order chi connectivity index (χ0) is 27.7. The van der Waals surface area contributed by atoms with E-state index in [1.807, 2.05) is 12.1 Å². The average Bonchev–Trinajstić information content (AvgIpc) is 3.62. The molecule has 2 atom stereocenters. The summed E-state index contributed by atoms with van der Waals surface area (Å²) >= 11 is 14.2. The fraction of sp³-hybridized carbons (Fsp3) is 0.464. The summed E-state index contributed by atoms with van der Waals surface area (Å²) in [6, 6.07) is 9.18. The minimum Gasteiger partial charge on any atom is -0.469 e. The first-order valence-electron chi connectivity index (χ1n) is 13.0. The predicted molar refractivity (Wildman–Crippen MR) is 151 cm³/mol. The van der Waals surface area contributed by atoms with Crippen molar-refractivity contribution in [2.45, 2.75) is 56.6 Å². The Morgan fingerprint density at radius 3 is 2.51 bits per heavy atom. The number of nitrogens with zero attached hydrogens (tertiary/aromatic N) is 2. The Hall–Kier alpha value is -2.14. The van der Waals surface area contributed by atoms with E-state index in [4.69, 9.17) is 38.4 Å². The van der Waals surface area contributed by atoms with Crippen LogP contribution in [0.15, 0.2) is 36.4 Å². The number of alkyl halides is 1. The molecule has 2 heterocycles. The number of methoxy groups -OCH3 is 1. The van der Waals surface area contributed by atoms with Crippen LogP contribution in [-0.4, -0.2) is 53.9 Å². The van der Waals surface area contributed by atoms with Crippen LogP contribution in [0.5, 0.6) is 0 Å². The van der Waals surface area contributed by atoms with Gasteiger partial charge in [-0.2, -0.15) is 4.39 Å². The van der Waals surface area contributed by atoms with Gasteiger partial charge in [0.2, 0.25) is 5.78 Å². The van der Waals surface area contributed by atoms with Gasteiger partial charge in [0.05, 0.1) is 40.4 Å². The SMILES string of the molecule is COC(=O)[C@H]1CC[C@H](OC(F)(C(=O)[C@@H](N)c2ccc(-c3nc4ccc(Cl)cc4s3)c(Cl)c2)N2CCCC2)CC1. The number of aromatic nitrogens is 1. The Labute approximate surface area is 240 Å². The molecule has 2 aromatic carbocycles. The zero-order valence-electron chi connectivity index (χ0n) is 21.5.